The van der Waals surface area contributed by atoms with Gasteiger partial charge in [0.05, 0.1) is 19.8 Å². The van der Waals surface area contributed by atoms with Crippen molar-refractivity contribution in [1.29, 1.82) is 0 Å². The monoisotopic (exact) mass is 390 g/mol. The molecule has 3 aromatic rings. The van der Waals surface area contributed by atoms with E-state index in [2.05, 4.69) is 34.3 Å². The van der Waals surface area contributed by atoms with Gasteiger partial charge in [0.1, 0.15) is 0 Å². The molecule has 6 nitrogen and oxygen atoms in total. The lowest BCUT2D eigenvalue weighted by Gasteiger charge is -2.29. The first-order valence-electron chi connectivity index (χ1n) is 9.92. The highest BCUT2D eigenvalue weighted by molar-refractivity contribution is 5.94. The molecular weight excluding hydrogens is 364 g/mol. The Morgan fingerprint density at radius 1 is 1.03 bits per heavy atom. The van der Waals surface area contributed by atoms with E-state index in [0.29, 0.717) is 18.7 Å². The van der Waals surface area contributed by atoms with Crippen molar-refractivity contribution in [3.05, 3.63) is 83.7 Å². The smallest absolute Gasteiger partial charge is 0.253 e. The van der Waals surface area contributed by atoms with Gasteiger partial charge in [-0.25, -0.2) is 0 Å². The molecule has 0 radical (unpaired) electrons. The fourth-order valence-corrected chi connectivity index (χ4v) is 3.53. The van der Waals surface area contributed by atoms with Crippen molar-refractivity contribution >= 4 is 11.6 Å². The first-order valence-corrected chi connectivity index (χ1v) is 9.92. The summed E-state index contributed by atoms with van der Waals surface area (Å²) in [6, 6.07) is 18.1. The topological polar surface area (TPSA) is 50.6 Å². The maximum absolute atomic E-state index is 12.8. The normalized spacial score (nSPS) is 14.0. The van der Waals surface area contributed by atoms with Crippen molar-refractivity contribution in [3.63, 3.8) is 0 Å². The summed E-state index contributed by atoms with van der Waals surface area (Å²) in [4.78, 5) is 16.9. The molecule has 2 heterocycles. The molecule has 1 aliphatic heterocycles. The molecule has 1 amide bonds. The van der Waals surface area contributed by atoms with E-state index in [1.165, 1.54) is 5.69 Å². The maximum Gasteiger partial charge on any atom is 0.253 e. The lowest BCUT2D eigenvalue weighted by molar-refractivity contribution is 0.0785. The minimum Gasteiger partial charge on any atom is -0.378 e. The van der Waals surface area contributed by atoms with Crippen molar-refractivity contribution in [2.75, 3.05) is 38.3 Å². The van der Waals surface area contributed by atoms with E-state index in [1.807, 2.05) is 48.3 Å². The summed E-state index contributed by atoms with van der Waals surface area (Å²) in [6.45, 7) is 4.69. The van der Waals surface area contributed by atoms with Gasteiger partial charge in [0, 0.05) is 50.3 Å². The van der Waals surface area contributed by atoms with Crippen molar-refractivity contribution in [2.45, 2.75) is 13.1 Å². The number of carbonyl (C=O) groups is 1. The van der Waals surface area contributed by atoms with Crippen molar-refractivity contribution in [2.24, 2.45) is 0 Å². The van der Waals surface area contributed by atoms with E-state index in [0.717, 1.165) is 37.4 Å². The number of hydrogen-bond donors (Lipinski definition) is 0. The Balaban J connectivity index is 1.35. The molecule has 0 saturated carbocycles. The summed E-state index contributed by atoms with van der Waals surface area (Å²) < 4.78 is 7.27. The van der Waals surface area contributed by atoms with Gasteiger partial charge in [-0.15, -0.1) is 0 Å². The van der Waals surface area contributed by atoms with Crippen LogP contribution in [-0.2, 0) is 17.8 Å². The number of rotatable bonds is 6. The number of benzene rings is 2. The number of carbonyl (C=O) groups excluding carboxylic acids is 1. The van der Waals surface area contributed by atoms with Gasteiger partial charge < -0.3 is 14.5 Å². The summed E-state index contributed by atoms with van der Waals surface area (Å²) in [5.74, 6) is 0.0212. The van der Waals surface area contributed by atoms with Crippen LogP contribution in [0.2, 0.25) is 0 Å². The van der Waals surface area contributed by atoms with Crippen LogP contribution in [0.1, 0.15) is 21.5 Å². The number of anilines is 1. The lowest BCUT2D eigenvalue weighted by Crippen LogP contribution is -2.36. The number of morpholine rings is 1. The first-order chi connectivity index (χ1) is 14.2. The predicted molar refractivity (Wildman–Crippen MR) is 113 cm³/mol. The second-order valence-corrected chi connectivity index (χ2v) is 7.33. The number of hydrogen-bond acceptors (Lipinski definition) is 4. The number of ether oxygens (including phenoxy) is 1. The molecule has 6 heteroatoms. The van der Waals surface area contributed by atoms with Crippen LogP contribution < -0.4 is 4.90 Å². The molecule has 4 rings (SSSR count). The molecule has 0 N–H and O–H groups in total. The van der Waals surface area contributed by atoms with Gasteiger partial charge in [-0.2, -0.15) is 5.10 Å². The van der Waals surface area contributed by atoms with Gasteiger partial charge in [-0.3, -0.25) is 9.48 Å². The zero-order valence-electron chi connectivity index (χ0n) is 16.7. The van der Waals surface area contributed by atoms with Crippen molar-refractivity contribution < 1.29 is 9.53 Å². The van der Waals surface area contributed by atoms with Crippen LogP contribution in [0.25, 0.3) is 0 Å². The van der Waals surface area contributed by atoms with Crippen LogP contribution in [-0.4, -0.2) is 53.9 Å². The van der Waals surface area contributed by atoms with Gasteiger partial charge in [0.15, 0.2) is 0 Å². The number of nitrogens with zero attached hydrogens (tertiary/aromatic N) is 4. The summed E-state index contributed by atoms with van der Waals surface area (Å²) in [6.07, 6.45) is 3.69. The third kappa shape index (κ3) is 4.84. The molecule has 1 aromatic heterocycles. The largest absolute Gasteiger partial charge is 0.378 e. The fraction of sp³-hybridized carbons (Fsp3) is 0.304. The van der Waals surface area contributed by atoms with E-state index in [-0.39, 0.29) is 5.91 Å². The fourth-order valence-electron chi connectivity index (χ4n) is 3.53. The van der Waals surface area contributed by atoms with Crippen LogP contribution in [0, 0.1) is 0 Å². The molecule has 2 aromatic carbocycles. The SMILES string of the molecule is CN(Cc1ccc(N2CCOCC2)cc1)C(=O)c1ccc(Cn2cccn2)cc1. The van der Waals surface area contributed by atoms with Crippen LogP contribution in [0.3, 0.4) is 0 Å². The third-order valence-corrected chi connectivity index (χ3v) is 5.18. The summed E-state index contributed by atoms with van der Waals surface area (Å²) in [5.41, 5.74) is 4.14. The van der Waals surface area contributed by atoms with Gasteiger partial charge in [-0.1, -0.05) is 24.3 Å². The second kappa shape index (κ2) is 8.92. The second-order valence-electron chi connectivity index (χ2n) is 7.33. The zero-order valence-corrected chi connectivity index (χ0v) is 16.7. The minimum absolute atomic E-state index is 0.0212. The average molecular weight is 390 g/mol. The highest BCUT2D eigenvalue weighted by Crippen LogP contribution is 2.18. The summed E-state index contributed by atoms with van der Waals surface area (Å²) in [7, 11) is 1.84. The maximum atomic E-state index is 12.8. The average Bonchev–Trinajstić information content (AvgIpc) is 3.28. The molecule has 0 spiro atoms. The zero-order chi connectivity index (χ0) is 20.1. The standard InChI is InChI=1S/C23H26N4O2/c1-25(17-19-5-9-22(10-6-19)26-13-15-29-16-14-26)23(28)21-7-3-20(4-8-21)18-27-12-2-11-24-27/h2-12H,13-18H2,1H3. The molecule has 1 saturated heterocycles. The Bertz CT molecular complexity index is 915. The van der Waals surface area contributed by atoms with Crippen LogP contribution >= 0.6 is 0 Å². The molecule has 1 fully saturated rings. The Kier molecular flexibility index (Phi) is 5.91. The van der Waals surface area contributed by atoms with E-state index < -0.39 is 0 Å². The first kappa shape index (κ1) is 19.2. The quantitative estimate of drug-likeness (QED) is 0.649. The molecule has 0 bridgehead atoms. The number of aromatic nitrogens is 2. The van der Waals surface area contributed by atoms with E-state index >= 15 is 0 Å². The molecule has 1 aliphatic rings. The molecular formula is C23H26N4O2. The summed E-state index contributed by atoms with van der Waals surface area (Å²) in [5, 5.41) is 4.21. The highest BCUT2D eigenvalue weighted by atomic mass is 16.5. The predicted octanol–water partition coefficient (Wildman–Crippen LogP) is 3.04. The van der Waals surface area contributed by atoms with E-state index in [1.54, 1.807) is 11.1 Å². The Hall–Kier alpha value is -3.12. The van der Waals surface area contributed by atoms with Gasteiger partial charge in [-0.05, 0) is 41.5 Å². The van der Waals surface area contributed by atoms with Crippen LogP contribution in [0.5, 0.6) is 0 Å². The van der Waals surface area contributed by atoms with E-state index in [9.17, 15) is 4.79 Å². The van der Waals surface area contributed by atoms with Gasteiger partial charge in [0.25, 0.3) is 5.91 Å². The molecule has 150 valence electrons. The molecule has 0 atom stereocenters. The molecule has 0 unspecified atom stereocenters. The van der Waals surface area contributed by atoms with Gasteiger partial charge >= 0.3 is 0 Å². The minimum atomic E-state index is 0.0212. The van der Waals surface area contributed by atoms with Crippen molar-refractivity contribution in [3.8, 4) is 0 Å². The Morgan fingerprint density at radius 2 is 1.72 bits per heavy atom. The van der Waals surface area contributed by atoms with Crippen LogP contribution in [0.15, 0.2) is 67.0 Å². The number of amides is 1. The Morgan fingerprint density at radius 3 is 2.38 bits per heavy atom. The summed E-state index contributed by atoms with van der Waals surface area (Å²) >= 11 is 0. The third-order valence-electron chi connectivity index (χ3n) is 5.18. The highest BCUT2D eigenvalue weighted by Gasteiger charge is 2.14. The van der Waals surface area contributed by atoms with E-state index in [4.69, 9.17) is 4.74 Å². The van der Waals surface area contributed by atoms with Gasteiger partial charge in [0.2, 0.25) is 0 Å². The molecule has 29 heavy (non-hydrogen) atoms. The Labute approximate surface area is 171 Å². The molecule has 0 aliphatic carbocycles. The van der Waals surface area contributed by atoms with Crippen LogP contribution in [0.4, 0.5) is 5.69 Å². The lowest BCUT2D eigenvalue weighted by atomic mass is 10.1. The van der Waals surface area contributed by atoms with Crippen molar-refractivity contribution in [1.82, 2.24) is 14.7 Å².